The van der Waals surface area contributed by atoms with Gasteiger partial charge in [0.05, 0.1) is 7.05 Å². The molecule has 0 aliphatic rings. The van der Waals surface area contributed by atoms with E-state index in [9.17, 15) is 0 Å². The van der Waals surface area contributed by atoms with Crippen LogP contribution in [0.1, 0.15) is 0 Å². The van der Waals surface area contributed by atoms with Gasteiger partial charge in [-0.15, -0.1) is 0 Å². The maximum atomic E-state index is 3.87. The Morgan fingerprint density at radius 3 is 2.80 bits per heavy atom. The Balaban J connectivity index is 2.67. The third-order valence-corrected chi connectivity index (χ3v) is 1.01. The first-order chi connectivity index (χ1) is 4.93. The zero-order valence-electron chi connectivity index (χ0n) is 5.76. The lowest BCUT2D eigenvalue weighted by Gasteiger charge is -1.95. The van der Waals surface area contributed by atoms with Crippen molar-refractivity contribution in [1.29, 1.82) is 0 Å². The highest BCUT2D eigenvalue weighted by Gasteiger charge is 1.74. The minimum atomic E-state index is 0.976. The van der Waals surface area contributed by atoms with Crippen molar-refractivity contribution in [3.8, 4) is 0 Å². The van der Waals surface area contributed by atoms with Crippen molar-refractivity contribution >= 4 is 12.0 Å². The Hall–Kier alpha value is -1.38. The Morgan fingerprint density at radius 2 is 2.20 bits per heavy atom. The maximum absolute atomic E-state index is 3.87. The topological polar surface area (TPSA) is 38.9 Å². The molecule has 0 spiro atoms. The highest BCUT2D eigenvalue weighted by molar-refractivity contribution is 5.48. The Morgan fingerprint density at radius 1 is 1.50 bits per heavy atom. The van der Waals surface area contributed by atoms with Crippen LogP contribution in [-0.4, -0.2) is 18.4 Å². The number of nitrogens with one attached hydrogen (secondary N) is 2. The zero-order valence-corrected chi connectivity index (χ0v) is 5.76. The number of hydrogen-bond donors (Lipinski definition) is 2. The predicted molar refractivity (Wildman–Crippen MR) is 38.9 cm³/mol. The summed E-state index contributed by atoms with van der Waals surface area (Å²) in [6, 6.07) is 3.73. The van der Waals surface area contributed by atoms with Crippen LogP contribution in [0, 0.1) is 0 Å². The number of hydrogen-bond acceptors (Lipinski definition) is 1. The van der Waals surface area contributed by atoms with Crippen molar-refractivity contribution in [3.63, 3.8) is 0 Å². The van der Waals surface area contributed by atoms with E-state index in [0.29, 0.717) is 0 Å². The second-order valence-corrected chi connectivity index (χ2v) is 1.74. The average Bonchev–Trinajstić information content (AvgIpc) is 2.03. The minimum Gasteiger partial charge on any atom is -0.407 e. The molecule has 0 unspecified atom stereocenters. The molecule has 2 N–H and O–H groups in total. The molecular formula is C7H9N3. The van der Waals surface area contributed by atoms with E-state index in [2.05, 4.69) is 21.6 Å². The fourth-order valence-electron chi connectivity index (χ4n) is 0.570. The molecule has 52 valence electrons. The molecule has 1 heterocycles. The predicted octanol–water partition coefficient (Wildman–Crippen LogP) is -1.08. The van der Waals surface area contributed by atoms with Crippen LogP contribution in [0.3, 0.4) is 0 Å². The van der Waals surface area contributed by atoms with Gasteiger partial charge >= 0.3 is 0 Å². The monoisotopic (exact) mass is 135 g/mol. The molecule has 0 aliphatic carbocycles. The third kappa shape index (κ3) is 1.85. The van der Waals surface area contributed by atoms with Crippen LogP contribution in [0.15, 0.2) is 24.5 Å². The number of nitrogens with zero attached hydrogens (tertiary/aromatic N) is 1. The summed E-state index contributed by atoms with van der Waals surface area (Å²) >= 11 is 0. The quantitative estimate of drug-likeness (QED) is 0.234. The van der Waals surface area contributed by atoms with E-state index in [4.69, 9.17) is 0 Å². The van der Waals surface area contributed by atoms with Crippen molar-refractivity contribution in [1.82, 2.24) is 10.3 Å². The van der Waals surface area contributed by atoms with E-state index in [0.717, 1.165) is 5.69 Å². The van der Waals surface area contributed by atoms with E-state index >= 15 is 0 Å². The number of pyridine rings is 1. The molecule has 0 amide bonds. The van der Waals surface area contributed by atoms with Gasteiger partial charge in [-0.3, -0.25) is 4.98 Å². The van der Waals surface area contributed by atoms with Gasteiger partial charge in [-0.05, 0) is 5.69 Å². The van der Waals surface area contributed by atoms with E-state index in [1.807, 2.05) is 12.1 Å². The van der Waals surface area contributed by atoms with Crippen LogP contribution in [0.5, 0.6) is 0 Å². The fourth-order valence-corrected chi connectivity index (χ4v) is 0.570. The van der Waals surface area contributed by atoms with Gasteiger partial charge in [-0.1, -0.05) is 12.1 Å². The molecule has 0 saturated heterocycles. The van der Waals surface area contributed by atoms with Gasteiger partial charge in [0, 0.05) is 12.4 Å². The summed E-state index contributed by atoms with van der Waals surface area (Å²) in [7, 11) is 1.79. The lowest BCUT2D eigenvalue weighted by molar-refractivity contribution is -0.350. The van der Waals surface area contributed by atoms with Crippen molar-refractivity contribution in [2.75, 3.05) is 7.05 Å². The lowest BCUT2D eigenvalue weighted by atomic mass is 10.4. The highest BCUT2D eigenvalue weighted by atomic mass is 14.9. The molecular weight excluding hydrogens is 126 g/mol. The van der Waals surface area contributed by atoms with Gasteiger partial charge in [-0.25, -0.2) is 0 Å². The summed E-state index contributed by atoms with van der Waals surface area (Å²) < 4.78 is 0. The molecule has 3 nitrogen and oxygen atoms in total. The van der Waals surface area contributed by atoms with Gasteiger partial charge in [-0.2, -0.15) is 0 Å². The summed E-state index contributed by atoms with van der Waals surface area (Å²) in [5, 5.41) is 2.73. The molecule has 1 rings (SSSR count). The molecule has 3 heteroatoms. The van der Waals surface area contributed by atoms with Gasteiger partial charge in [0.2, 0.25) is 0 Å². The second-order valence-electron chi connectivity index (χ2n) is 1.74. The number of rotatable bonds is 2. The number of aromatic nitrogens is 1. The van der Waals surface area contributed by atoms with E-state index < -0.39 is 0 Å². The molecule has 1 aromatic heterocycles. The minimum absolute atomic E-state index is 0.976. The normalized spacial score (nSPS) is 10.1. The maximum Gasteiger partial charge on any atom is 0.126 e. The lowest BCUT2D eigenvalue weighted by Crippen LogP contribution is -2.63. The summed E-state index contributed by atoms with van der Waals surface area (Å²) in [6.07, 6.45) is 6.18. The van der Waals surface area contributed by atoms with Crippen LogP contribution in [-0.2, 0) is 0 Å². The zero-order chi connectivity index (χ0) is 7.23. The van der Waals surface area contributed by atoms with Crippen LogP contribution >= 0.6 is 0 Å². The second kappa shape index (κ2) is 3.61. The largest absolute Gasteiger partial charge is 0.407 e. The van der Waals surface area contributed by atoms with Crippen LogP contribution < -0.4 is 10.3 Å². The van der Waals surface area contributed by atoms with Crippen molar-refractivity contribution in [2.45, 2.75) is 0 Å². The highest BCUT2D eigenvalue weighted by Crippen LogP contribution is 1.90. The van der Waals surface area contributed by atoms with E-state index in [1.165, 1.54) is 0 Å². The van der Waals surface area contributed by atoms with E-state index in [-0.39, 0.29) is 0 Å². The summed E-state index contributed by atoms with van der Waals surface area (Å²) in [4.78, 5) is 6.76. The Bertz CT molecular complexity index is 205. The van der Waals surface area contributed by atoms with Gasteiger partial charge in [0.15, 0.2) is 0 Å². The molecule has 0 aliphatic heterocycles. The molecule has 0 aromatic carbocycles. The average molecular weight is 135 g/mol. The Kier molecular flexibility index (Phi) is 2.43. The summed E-state index contributed by atoms with van der Waals surface area (Å²) in [6.45, 7) is 0. The van der Waals surface area contributed by atoms with Crippen molar-refractivity contribution < 1.29 is 4.99 Å². The third-order valence-electron chi connectivity index (χ3n) is 1.01. The van der Waals surface area contributed by atoms with E-state index in [1.54, 1.807) is 19.4 Å². The van der Waals surface area contributed by atoms with Gasteiger partial charge in [0.25, 0.3) is 0 Å². The van der Waals surface area contributed by atoms with Gasteiger partial charge in [0.1, 0.15) is 6.34 Å². The fraction of sp³-hybridized carbons (Fsp3) is 0.143. The first kappa shape index (κ1) is 6.74. The first-order valence-electron chi connectivity index (χ1n) is 3.01. The molecule has 0 fully saturated rings. The summed E-state index contributed by atoms with van der Waals surface area (Å²) in [5.74, 6) is 0. The smallest absolute Gasteiger partial charge is 0.126 e. The molecule has 0 saturated carbocycles. The molecule has 0 atom stereocenters. The van der Waals surface area contributed by atoms with Crippen LogP contribution in [0.4, 0.5) is 5.69 Å². The first-order valence-corrected chi connectivity index (χ1v) is 3.01. The summed E-state index contributed by atoms with van der Waals surface area (Å²) in [5.41, 5.74) is 0.976. The van der Waals surface area contributed by atoms with Crippen molar-refractivity contribution in [3.05, 3.63) is 24.5 Å². The molecule has 1 aromatic rings. The molecule has 0 bridgehead atoms. The van der Waals surface area contributed by atoms with Crippen LogP contribution in [0.25, 0.3) is 0 Å². The standard InChI is InChI=1S/C7H9N3/c1-8-6-10-7-2-4-9-5-3-7/h2-5,8,10H,1H3. The molecule has 0 radical (unpaired) electrons. The SMILES string of the molecule is CN[C-]=[NH+]c1ccncc1. The van der Waals surface area contributed by atoms with Crippen molar-refractivity contribution in [2.24, 2.45) is 0 Å². The van der Waals surface area contributed by atoms with Crippen LogP contribution in [0.2, 0.25) is 0 Å². The Labute approximate surface area is 59.8 Å². The molecule has 10 heavy (non-hydrogen) atoms. The van der Waals surface area contributed by atoms with Gasteiger partial charge < -0.3 is 10.3 Å².